The van der Waals surface area contributed by atoms with Crippen molar-refractivity contribution in [3.8, 4) is 0 Å². The van der Waals surface area contributed by atoms with Gasteiger partial charge in [0.05, 0.1) is 6.04 Å². The molecule has 1 N–H and O–H groups in total. The van der Waals surface area contributed by atoms with E-state index in [0.29, 0.717) is 37.5 Å². The Morgan fingerprint density at radius 2 is 1.64 bits per heavy atom. The highest BCUT2D eigenvalue weighted by Gasteiger charge is 2.43. The Kier molecular flexibility index (Phi) is 6.86. The summed E-state index contributed by atoms with van der Waals surface area (Å²) in [6.07, 6.45) is -0.701. The molecule has 3 aromatic rings. The van der Waals surface area contributed by atoms with E-state index < -0.39 is 22.2 Å². The molecule has 2 aliphatic rings. The van der Waals surface area contributed by atoms with Gasteiger partial charge in [0.25, 0.3) is 10.0 Å². The number of hydrogen-bond acceptors (Lipinski definition) is 6. The number of aliphatic hydroxyl groups excluding tert-OH is 1. The lowest BCUT2D eigenvalue weighted by molar-refractivity contribution is -0.128. The van der Waals surface area contributed by atoms with Crippen LogP contribution in [-0.4, -0.2) is 67.9 Å². The van der Waals surface area contributed by atoms with Gasteiger partial charge in [0.15, 0.2) is 0 Å². The highest BCUT2D eigenvalue weighted by Crippen LogP contribution is 2.42. The largest absolute Gasteiger partial charge is 0.385 e. The van der Waals surface area contributed by atoms with E-state index >= 15 is 0 Å². The summed E-state index contributed by atoms with van der Waals surface area (Å²) in [5.41, 5.74) is 1.83. The van der Waals surface area contributed by atoms with Crippen LogP contribution in [0, 0.1) is 5.82 Å². The number of thiophene rings is 1. The summed E-state index contributed by atoms with van der Waals surface area (Å²) in [6, 6.07) is 18.5. The lowest BCUT2D eigenvalue weighted by Gasteiger charge is -2.35. The van der Waals surface area contributed by atoms with E-state index in [1.807, 2.05) is 35.2 Å². The fourth-order valence-corrected chi connectivity index (χ4v) is 8.03. The van der Waals surface area contributed by atoms with E-state index in [-0.39, 0.29) is 21.9 Å². The molecule has 2 fully saturated rings. The maximum atomic E-state index is 13.4. The molecular formula is C26H28FN3O4S2. The number of likely N-dealkylation sites (tertiary alicyclic amines) is 1. The van der Waals surface area contributed by atoms with Crippen molar-refractivity contribution in [3.05, 3.63) is 83.0 Å². The summed E-state index contributed by atoms with van der Waals surface area (Å²) in [5.74, 6) is -0.532. The van der Waals surface area contributed by atoms with Gasteiger partial charge in [-0.2, -0.15) is 4.31 Å². The number of likely N-dealkylation sites (N-methyl/N-ethyl adjacent to an activating group) is 1. The van der Waals surface area contributed by atoms with Gasteiger partial charge in [0, 0.05) is 56.1 Å². The lowest BCUT2D eigenvalue weighted by atomic mass is 9.88. The van der Waals surface area contributed by atoms with E-state index in [1.165, 1.54) is 16.4 Å². The van der Waals surface area contributed by atoms with Crippen molar-refractivity contribution in [1.29, 1.82) is 0 Å². The van der Waals surface area contributed by atoms with E-state index in [2.05, 4.69) is 0 Å². The van der Waals surface area contributed by atoms with Crippen molar-refractivity contribution in [3.63, 3.8) is 0 Å². The van der Waals surface area contributed by atoms with E-state index in [9.17, 15) is 22.7 Å². The molecule has 1 amide bonds. The average Bonchev–Trinajstić information content (AvgIpc) is 3.51. The van der Waals surface area contributed by atoms with Crippen LogP contribution < -0.4 is 4.90 Å². The standard InChI is InChI=1S/C26H28FN3O4S2/c1-28-23(31)17-21(18-5-3-2-4-6-18)25(28)26(32)22-11-12-24(35-22)36(33,34)30-15-13-29(14-16-30)20-9-7-19(27)8-10-20/h2-12,21,25-26,32H,13-17H2,1H3/t21-,25-,26?/m1/s1. The second-order valence-corrected chi connectivity index (χ2v) is 12.5. The molecule has 190 valence electrons. The Morgan fingerprint density at radius 3 is 2.31 bits per heavy atom. The van der Waals surface area contributed by atoms with E-state index in [0.717, 1.165) is 22.6 Å². The number of anilines is 1. The molecule has 0 spiro atoms. The van der Waals surface area contributed by atoms with E-state index in [4.69, 9.17) is 0 Å². The van der Waals surface area contributed by atoms with Crippen LogP contribution in [0.25, 0.3) is 0 Å². The minimum absolute atomic E-state index is 0.0451. The van der Waals surface area contributed by atoms with Crippen molar-refractivity contribution >= 4 is 33.0 Å². The number of aliphatic hydroxyl groups is 1. The second kappa shape index (κ2) is 9.93. The van der Waals surface area contributed by atoms with Gasteiger partial charge in [0.2, 0.25) is 5.91 Å². The summed E-state index contributed by atoms with van der Waals surface area (Å²) < 4.78 is 41.6. The van der Waals surface area contributed by atoms with Gasteiger partial charge in [-0.15, -0.1) is 11.3 Å². The Balaban J connectivity index is 1.31. The highest BCUT2D eigenvalue weighted by molar-refractivity contribution is 7.91. The van der Waals surface area contributed by atoms with Crippen LogP contribution in [0.4, 0.5) is 10.1 Å². The molecule has 3 heterocycles. The Hall–Kier alpha value is -2.79. The summed E-state index contributed by atoms with van der Waals surface area (Å²) in [7, 11) is -2.04. The molecule has 1 aromatic heterocycles. The zero-order valence-electron chi connectivity index (χ0n) is 19.8. The third kappa shape index (κ3) is 4.66. The molecule has 2 aromatic carbocycles. The summed E-state index contributed by atoms with van der Waals surface area (Å²) in [4.78, 5) is 16.6. The second-order valence-electron chi connectivity index (χ2n) is 9.19. The van der Waals surface area contributed by atoms with Crippen LogP contribution in [0.15, 0.2) is 70.9 Å². The number of hydrogen-bond donors (Lipinski definition) is 1. The molecule has 7 nitrogen and oxygen atoms in total. The van der Waals surface area contributed by atoms with Gasteiger partial charge in [-0.05, 0) is 42.0 Å². The SMILES string of the molecule is CN1C(=O)C[C@H](c2ccccc2)[C@@H]1C(O)c1ccc(S(=O)(=O)N2CCN(c3ccc(F)cc3)CC2)s1. The molecule has 0 aliphatic carbocycles. The van der Waals surface area contributed by atoms with Gasteiger partial charge in [-0.3, -0.25) is 4.79 Å². The smallest absolute Gasteiger partial charge is 0.252 e. The monoisotopic (exact) mass is 529 g/mol. The molecule has 0 saturated carbocycles. The molecular weight excluding hydrogens is 501 g/mol. The molecule has 5 rings (SSSR count). The van der Waals surface area contributed by atoms with Crippen LogP contribution in [0.1, 0.15) is 28.9 Å². The first-order chi connectivity index (χ1) is 17.3. The number of carbonyl (C=O) groups is 1. The Bertz CT molecular complexity index is 1320. The quantitative estimate of drug-likeness (QED) is 0.529. The first-order valence-electron chi connectivity index (χ1n) is 11.8. The van der Waals surface area contributed by atoms with Crippen LogP contribution in [0.3, 0.4) is 0 Å². The van der Waals surface area contributed by atoms with Gasteiger partial charge in [0.1, 0.15) is 16.1 Å². The average molecular weight is 530 g/mol. The fraction of sp³-hybridized carbons (Fsp3) is 0.346. The molecule has 3 atom stereocenters. The van der Waals surface area contributed by atoms with Crippen molar-refractivity contribution in [2.75, 3.05) is 38.1 Å². The van der Waals surface area contributed by atoms with Crippen LogP contribution >= 0.6 is 11.3 Å². The first kappa shape index (κ1) is 24.9. The minimum atomic E-state index is -3.73. The van der Waals surface area contributed by atoms with Crippen molar-refractivity contribution in [2.24, 2.45) is 0 Å². The predicted octanol–water partition coefficient (Wildman–Crippen LogP) is 3.45. The summed E-state index contributed by atoms with van der Waals surface area (Å²) >= 11 is 1.05. The molecule has 2 saturated heterocycles. The van der Waals surface area contributed by atoms with E-state index in [1.54, 1.807) is 36.2 Å². The highest BCUT2D eigenvalue weighted by atomic mass is 32.2. The summed E-state index contributed by atoms with van der Waals surface area (Å²) in [6.45, 7) is 1.62. The van der Waals surface area contributed by atoms with Crippen molar-refractivity contribution in [1.82, 2.24) is 9.21 Å². The third-order valence-electron chi connectivity index (χ3n) is 7.12. The number of sulfonamides is 1. The molecule has 10 heteroatoms. The number of nitrogens with zero attached hydrogens (tertiary/aromatic N) is 3. The fourth-order valence-electron chi connectivity index (χ4n) is 5.10. The number of rotatable bonds is 6. The molecule has 0 radical (unpaired) electrons. The van der Waals surface area contributed by atoms with Crippen molar-refractivity contribution in [2.45, 2.75) is 28.7 Å². The van der Waals surface area contributed by atoms with Gasteiger partial charge < -0.3 is 14.9 Å². The number of benzene rings is 2. The first-order valence-corrected chi connectivity index (χ1v) is 14.1. The Morgan fingerprint density at radius 1 is 0.972 bits per heavy atom. The topological polar surface area (TPSA) is 81.2 Å². The van der Waals surface area contributed by atoms with Gasteiger partial charge in [-0.25, -0.2) is 12.8 Å². The zero-order chi connectivity index (χ0) is 25.4. The number of piperazine rings is 1. The number of halogens is 1. The van der Waals surface area contributed by atoms with Crippen LogP contribution in [0.2, 0.25) is 0 Å². The van der Waals surface area contributed by atoms with Gasteiger partial charge in [-0.1, -0.05) is 30.3 Å². The number of carbonyl (C=O) groups excluding carboxylic acids is 1. The Labute approximate surface area is 214 Å². The van der Waals surface area contributed by atoms with Gasteiger partial charge >= 0.3 is 0 Å². The van der Waals surface area contributed by atoms with Crippen LogP contribution in [0.5, 0.6) is 0 Å². The predicted molar refractivity (Wildman–Crippen MR) is 137 cm³/mol. The van der Waals surface area contributed by atoms with Crippen LogP contribution in [-0.2, 0) is 14.8 Å². The minimum Gasteiger partial charge on any atom is -0.385 e. The lowest BCUT2D eigenvalue weighted by Crippen LogP contribution is -2.48. The van der Waals surface area contributed by atoms with Crippen molar-refractivity contribution < 1.29 is 22.7 Å². The maximum absolute atomic E-state index is 13.4. The molecule has 0 bridgehead atoms. The molecule has 36 heavy (non-hydrogen) atoms. The third-order valence-corrected chi connectivity index (χ3v) is 10.6. The summed E-state index contributed by atoms with van der Waals surface area (Å²) in [5, 5.41) is 11.3. The zero-order valence-corrected chi connectivity index (χ0v) is 21.5. The molecule has 1 unspecified atom stereocenters. The number of amides is 1. The molecule has 2 aliphatic heterocycles. The normalized spacial score (nSPS) is 22.2. The maximum Gasteiger partial charge on any atom is 0.252 e.